The van der Waals surface area contributed by atoms with Crippen LogP contribution in [0.3, 0.4) is 0 Å². The number of halogens is 1. The van der Waals surface area contributed by atoms with Crippen molar-refractivity contribution in [3.8, 4) is 11.3 Å². The third-order valence-corrected chi connectivity index (χ3v) is 7.18. The highest BCUT2D eigenvalue weighted by Crippen LogP contribution is 2.23. The summed E-state index contributed by atoms with van der Waals surface area (Å²) >= 11 is 5.93. The Morgan fingerprint density at radius 2 is 1.48 bits per heavy atom. The first-order valence-corrected chi connectivity index (χ1v) is 11.2. The van der Waals surface area contributed by atoms with Crippen LogP contribution in [0.5, 0.6) is 0 Å². The molecule has 2 heterocycles. The molecule has 29 heavy (non-hydrogen) atoms. The fourth-order valence-electron chi connectivity index (χ4n) is 3.29. The summed E-state index contributed by atoms with van der Waals surface area (Å²) in [4.78, 5) is 2.39. The number of aryl methyl sites for hydroxylation is 1. The predicted octanol–water partition coefficient (Wildman–Crippen LogP) is 3.62. The van der Waals surface area contributed by atoms with Crippen LogP contribution in [-0.4, -0.2) is 49.1 Å². The monoisotopic (exact) mass is 428 g/mol. The van der Waals surface area contributed by atoms with Gasteiger partial charge in [-0.3, -0.25) is 0 Å². The standard InChI is InChI=1S/C21H21ClN4O2S/c1-16-2-8-19(9-3-16)29(27,28)26-14-12-25(13-15-26)21-11-10-20(23-24-21)17-4-6-18(22)7-5-17/h2-11H,12-15H2,1H3. The van der Waals surface area contributed by atoms with Gasteiger partial charge in [-0.1, -0.05) is 41.4 Å². The van der Waals surface area contributed by atoms with Crippen LogP contribution in [0.15, 0.2) is 65.6 Å². The highest BCUT2D eigenvalue weighted by atomic mass is 35.5. The summed E-state index contributed by atoms with van der Waals surface area (Å²) in [5, 5.41) is 9.32. The molecule has 0 saturated carbocycles. The average molecular weight is 429 g/mol. The van der Waals surface area contributed by atoms with Gasteiger partial charge in [-0.2, -0.15) is 4.31 Å². The van der Waals surface area contributed by atoms with Gasteiger partial charge in [0, 0.05) is 36.8 Å². The normalized spacial score (nSPS) is 15.4. The van der Waals surface area contributed by atoms with Gasteiger partial charge >= 0.3 is 0 Å². The maximum absolute atomic E-state index is 12.8. The predicted molar refractivity (Wildman–Crippen MR) is 115 cm³/mol. The molecule has 150 valence electrons. The van der Waals surface area contributed by atoms with Crippen molar-refractivity contribution >= 4 is 27.4 Å². The molecule has 8 heteroatoms. The van der Waals surface area contributed by atoms with Crippen LogP contribution < -0.4 is 4.90 Å². The zero-order valence-corrected chi connectivity index (χ0v) is 17.6. The molecular weight excluding hydrogens is 408 g/mol. The summed E-state index contributed by atoms with van der Waals surface area (Å²) < 4.78 is 27.2. The van der Waals surface area contributed by atoms with E-state index < -0.39 is 10.0 Å². The number of aromatic nitrogens is 2. The number of benzene rings is 2. The van der Waals surface area contributed by atoms with E-state index in [1.165, 1.54) is 4.31 Å². The Bertz CT molecular complexity index is 1080. The number of anilines is 1. The van der Waals surface area contributed by atoms with E-state index in [1.54, 1.807) is 12.1 Å². The van der Waals surface area contributed by atoms with Crippen molar-refractivity contribution in [1.82, 2.24) is 14.5 Å². The molecule has 1 saturated heterocycles. The molecule has 1 aromatic heterocycles. The molecule has 0 radical (unpaired) electrons. The number of nitrogens with zero attached hydrogens (tertiary/aromatic N) is 4. The van der Waals surface area contributed by atoms with Crippen molar-refractivity contribution in [2.45, 2.75) is 11.8 Å². The lowest BCUT2D eigenvalue weighted by molar-refractivity contribution is 0.383. The van der Waals surface area contributed by atoms with Crippen molar-refractivity contribution in [1.29, 1.82) is 0 Å². The van der Waals surface area contributed by atoms with E-state index in [2.05, 4.69) is 15.1 Å². The highest BCUT2D eigenvalue weighted by Gasteiger charge is 2.28. The third-order valence-electron chi connectivity index (χ3n) is 5.01. The minimum atomic E-state index is -3.47. The SMILES string of the molecule is Cc1ccc(S(=O)(=O)N2CCN(c3ccc(-c4ccc(Cl)cc4)nn3)CC2)cc1. The van der Waals surface area contributed by atoms with Gasteiger partial charge in [0.25, 0.3) is 0 Å². The van der Waals surface area contributed by atoms with Gasteiger partial charge in [-0.05, 0) is 43.3 Å². The van der Waals surface area contributed by atoms with Crippen LogP contribution in [0.2, 0.25) is 5.02 Å². The fourth-order valence-corrected chi connectivity index (χ4v) is 4.83. The lowest BCUT2D eigenvalue weighted by Gasteiger charge is -2.34. The molecule has 0 unspecified atom stereocenters. The summed E-state index contributed by atoms with van der Waals surface area (Å²) in [6.45, 7) is 3.90. The smallest absolute Gasteiger partial charge is 0.243 e. The zero-order valence-electron chi connectivity index (χ0n) is 16.0. The zero-order chi connectivity index (χ0) is 20.4. The van der Waals surface area contributed by atoms with E-state index in [1.807, 2.05) is 55.5 Å². The molecule has 0 atom stereocenters. The van der Waals surface area contributed by atoms with Crippen molar-refractivity contribution in [2.75, 3.05) is 31.1 Å². The lowest BCUT2D eigenvalue weighted by atomic mass is 10.1. The Morgan fingerprint density at radius 3 is 2.07 bits per heavy atom. The highest BCUT2D eigenvalue weighted by molar-refractivity contribution is 7.89. The maximum Gasteiger partial charge on any atom is 0.243 e. The summed E-state index contributed by atoms with van der Waals surface area (Å²) in [7, 11) is -3.47. The molecule has 1 aliphatic rings. The minimum absolute atomic E-state index is 0.337. The molecule has 4 rings (SSSR count). The van der Waals surface area contributed by atoms with Gasteiger partial charge in [0.2, 0.25) is 10.0 Å². The summed E-state index contributed by atoms with van der Waals surface area (Å²) in [6, 6.07) is 18.3. The number of hydrogen-bond acceptors (Lipinski definition) is 5. The van der Waals surface area contributed by atoms with Crippen LogP contribution in [0.1, 0.15) is 5.56 Å². The molecule has 0 N–H and O–H groups in total. The third kappa shape index (κ3) is 4.27. The van der Waals surface area contributed by atoms with E-state index in [4.69, 9.17) is 11.6 Å². The van der Waals surface area contributed by atoms with E-state index in [9.17, 15) is 8.42 Å². The lowest BCUT2D eigenvalue weighted by Crippen LogP contribution is -2.49. The Hall–Kier alpha value is -2.48. The minimum Gasteiger partial charge on any atom is -0.352 e. The van der Waals surface area contributed by atoms with E-state index >= 15 is 0 Å². The first-order valence-electron chi connectivity index (χ1n) is 9.35. The molecule has 0 bridgehead atoms. The molecule has 0 amide bonds. The summed E-state index contributed by atoms with van der Waals surface area (Å²) in [6.07, 6.45) is 0. The van der Waals surface area contributed by atoms with Crippen LogP contribution in [0.25, 0.3) is 11.3 Å². The molecule has 1 fully saturated rings. The fraction of sp³-hybridized carbons (Fsp3) is 0.238. The number of rotatable bonds is 4. The molecule has 0 spiro atoms. The van der Waals surface area contributed by atoms with Gasteiger partial charge < -0.3 is 4.90 Å². The van der Waals surface area contributed by atoms with Crippen LogP contribution in [0.4, 0.5) is 5.82 Å². The van der Waals surface area contributed by atoms with Crippen molar-refractivity contribution in [3.63, 3.8) is 0 Å². The Labute approximate surface area is 175 Å². The number of hydrogen-bond donors (Lipinski definition) is 0. The Kier molecular flexibility index (Phi) is 5.54. The van der Waals surface area contributed by atoms with Crippen LogP contribution in [-0.2, 0) is 10.0 Å². The van der Waals surface area contributed by atoms with Gasteiger partial charge in [0.05, 0.1) is 10.6 Å². The quantitative estimate of drug-likeness (QED) is 0.635. The van der Waals surface area contributed by atoms with Crippen molar-refractivity contribution in [3.05, 3.63) is 71.2 Å². The number of sulfonamides is 1. The largest absolute Gasteiger partial charge is 0.352 e. The van der Waals surface area contributed by atoms with Gasteiger partial charge in [-0.25, -0.2) is 8.42 Å². The first kappa shape index (κ1) is 19.8. The van der Waals surface area contributed by atoms with Gasteiger partial charge in [0.15, 0.2) is 5.82 Å². The molecule has 1 aliphatic heterocycles. The van der Waals surface area contributed by atoms with Crippen molar-refractivity contribution < 1.29 is 8.42 Å². The maximum atomic E-state index is 12.8. The van der Waals surface area contributed by atoms with E-state index in [0.29, 0.717) is 36.1 Å². The average Bonchev–Trinajstić information content (AvgIpc) is 2.75. The molecule has 6 nitrogen and oxygen atoms in total. The van der Waals surface area contributed by atoms with Gasteiger partial charge in [-0.15, -0.1) is 10.2 Å². The van der Waals surface area contributed by atoms with Crippen LogP contribution in [0, 0.1) is 6.92 Å². The van der Waals surface area contributed by atoms with Crippen molar-refractivity contribution in [2.24, 2.45) is 0 Å². The van der Waals surface area contributed by atoms with Gasteiger partial charge in [0.1, 0.15) is 0 Å². The molecular formula is C21H21ClN4O2S. The second-order valence-corrected chi connectivity index (χ2v) is 9.36. The second-order valence-electron chi connectivity index (χ2n) is 6.99. The van der Waals surface area contributed by atoms with Crippen LogP contribution >= 0.6 is 11.6 Å². The molecule has 2 aromatic carbocycles. The molecule has 0 aliphatic carbocycles. The Morgan fingerprint density at radius 1 is 0.828 bits per heavy atom. The second kappa shape index (κ2) is 8.10. The first-order chi connectivity index (χ1) is 13.9. The Balaban J connectivity index is 1.43. The number of piperazine rings is 1. The summed E-state index contributed by atoms with van der Waals surface area (Å²) in [5.41, 5.74) is 2.75. The van der Waals surface area contributed by atoms with E-state index in [-0.39, 0.29) is 0 Å². The topological polar surface area (TPSA) is 66.4 Å². The summed E-state index contributed by atoms with van der Waals surface area (Å²) in [5.74, 6) is 0.745. The molecule has 3 aromatic rings. The van der Waals surface area contributed by atoms with E-state index in [0.717, 1.165) is 22.6 Å².